The zero-order valence-corrected chi connectivity index (χ0v) is 21.2. The molecule has 0 saturated heterocycles. The Kier molecular flexibility index (Phi) is 8.76. The summed E-state index contributed by atoms with van der Waals surface area (Å²) in [7, 11) is 4.61. The number of amides is 2. The second kappa shape index (κ2) is 11.8. The molecule has 1 aliphatic carbocycles. The molecule has 0 radical (unpaired) electrons. The third-order valence-corrected chi connectivity index (χ3v) is 6.09. The zero-order valence-electron chi connectivity index (χ0n) is 21.2. The minimum atomic E-state index is -0.719. The molecule has 1 aliphatic rings. The van der Waals surface area contributed by atoms with Crippen molar-refractivity contribution < 1.29 is 28.9 Å². The van der Waals surface area contributed by atoms with Gasteiger partial charge in [-0.3, -0.25) is 14.4 Å². The van der Waals surface area contributed by atoms with Crippen LogP contribution in [-0.2, 0) is 16.0 Å². The summed E-state index contributed by atoms with van der Waals surface area (Å²) in [5.74, 6) is 0.829. The summed E-state index contributed by atoms with van der Waals surface area (Å²) in [5, 5.41) is 17.4. The highest BCUT2D eigenvalue weighted by Gasteiger charge is 2.29. The van der Waals surface area contributed by atoms with Crippen molar-refractivity contribution in [2.75, 3.05) is 39.8 Å². The molecule has 2 atom stereocenters. The van der Waals surface area contributed by atoms with Crippen LogP contribution in [0.15, 0.2) is 29.1 Å². The minimum Gasteiger partial charge on any atom is -0.493 e. The first-order valence-corrected chi connectivity index (χ1v) is 11.7. The van der Waals surface area contributed by atoms with Crippen molar-refractivity contribution in [3.63, 3.8) is 0 Å². The lowest BCUT2D eigenvalue weighted by Crippen LogP contribution is -2.39. The zero-order chi connectivity index (χ0) is 26.4. The highest BCUT2D eigenvalue weighted by Crippen LogP contribution is 2.50. The summed E-state index contributed by atoms with van der Waals surface area (Å²) < 4.78 is 16.9. The number of methoxy groups -OCH3 is 3. The number of aliphatic hydroxyl groups is 1. The molecule has 0 fully saturated rings. The molecule has 4 N–H and O–H groups in total. The fraction of sp³-hybridized carbons (Fsp3) is 0.423. The first-order chi connectivity index (χ1) is 17.2. The molecule has 2 aromatic rings. The third kappa shape index (κ3) is 5.54. The summed E-state index contributed by atoms with van der Waals surface area (Å²) >= 11 is 0. The van der Waals surface area contributed by atoms with Crippen LogP contribution in [0.5, 0.6) is 17.2 Å². The summed E-state index contributed by atoms with van der Waals surface area (Å²) in [4.78, 5) is 37.6. The number of benzene rings is 1. The van der Waals surface area contributed by atoms with Crippen molar-refractivity contribution in [1.82, 2.24) is 10.6 Å². The van der Waals surface area contributed by atoms with Crippen molar-refractivity contribution in [1.29, 1.82) is 0 Å². The Morgan fingerprint density at radius 2 is 1.83 bits per heavy atom. The van der Waals surface area contributed by atoms with Gasteiger partial charge >= 0.3 is 0 Å². The first-order valence-electron chi connectivity index (χ1n) is 11.7. The molecule has 36 heavy (non-hydrogen) atoms. The largest absolute Gasteiger partial charge is 0.493 e. The standard InChI is InChI=1S/C26H33N3O7/c1-14(26(33)27-10-11-30)28-20-9-7-17-18(13-21(20)32)19(29-15(2)31)8-6-16-12-22(34-3)24(35-4)25(36-5)23(16)17/h7,9,12-14,19,30H,6,8,10-11H2,1-5H3,(H,27,33)(H,28,32)(H,29,31). The average Bonchev–Trinajstić information content (AvgIpc) is 3.10. The van der Waals surface area contributed by atoms with Crippen LogP contribution in [0.25, 0.3) is 11.1 Å². The second-order valence-corrected chi connectivity index (χ2v) is 8.48. The summed E-state index contributed by atoms with van der Waals surface area (Å²) in [6.45, 7) is 3.00. The van der Waals surface area contributed by atoms with Gasteiger partial charge in [0.25, 0.3) is 0 Å². The van der Waals surface area contributed by atoms with Gasteiger partial charge in [-0.25, -0.2) is 0 Å². The maximum absolute atomic E-state index is 13.3. The smallest absolute Gasteiger partial charge is 0.242 e. The van der Waals surface area contributed by atoms with E-state index in [2.05, 4.69) is 16.0 Å². The normalized spacial score (nSPS) is 14.9. The van der Waals surface area contributed by atoms with E-state index >= 15 is 0 Å². The summed E-state index contributed by atoms with van der Waals surface area (Å²) in [6, 6.07) is 5.63. The van der Waals surface area contributed by atoms with Gasteiger partial charge in [-0.15, -0.1) is 0 Å². The molecule has 2 unspecified atom stereocenters. The molecule has 10 heteroatoms. The molecule has 3 rings (SSSR count). The van der Waals surface area contributed by atoms with Crippen molar-refractivity contribution in [2.24, 2.45) is 0 Å². The fourth-order valence-corrected chi connectivity index (χ4v) is 4.46. The van der Waals surface area contributed by atoms with E-state index in [4.69, 9.17) is 19.3 Å². The first kappa shape index (κ1) is 26.8. The Morgan fingerprint density at radius 1 is 1.11 bits per heavy atom. The third-order valence-electron chi connectivity index (χ3n) is 6.09. The van der Waals surface area contributed by atoms with E-state index in [1.807, 2.05) is 6.07 Å². The fourth-order valence-electron chi connectivity index (χ4n) is 4.46. The molecule has 2 aromatic carbocycles. The molecule has 2 amide bonds. The number of aliphatic hydroxyl groups excluding tert-OH is 1. The van der Waals surface area contributed by atoms with Gasteiger partial charge in [0.15, 0.2) is 11.5 Å². The van der Waals surface area contributed by atoms with Gasteiger partial charge in [0.1, 0.15) is 6.04 Å². The van der Waals surface area contributed by atoms with E-state index in [1.165, 1.54) is 27.2 Å². The van der Waals surface area contributed by atoms with E-state index in [0.717, 1.165) is 11.1 Å². The number of nitrogens with one attached hydrogen (secondary N) is 3. The monoisotopic (exact) mass is 499 g/mol. The van der Waals surface area contributed by atoms with Gasteiger partial charge in [0, 0.05) is 19.0 Å². The average molecular weight is 500 g/mol. The van der Waals surface area contributed by atoms with Crippen LogP contribution < -0.4 is 35.6 Å². The van der Waals surface area contributed by atoms with Crippen LogP contribution in [0.1, 0.15) is 37.4 Å². The van der Waals surface area contributed by atoms with Gasteiger partial charge in [0.2, 0.25) is 23.0 Å². The SMILES string of the molecule is COc1cc2c(c(OC)c1OC)-c1ccc(NC(C)C(=O)NCCO)c(=O)cc1C(NC(C)=O)CC2. The van der Waals surface area contributed by atoms with E-state index in [1.54, 1.807) is 26.2 Å². The number of hydrogen-bond donors (Lipinski definition) is 4. The molecule has 10 nitrogen and oxygen atoms in total. The molecule has 0 bridgehead atoms. The number of ether oxygens (including phenoxy) is 3. The van der Waals surface area contributed by atoms with Crippen LogP contribution in [0, 0.1) is 0 Å². The Hall–Kier alpha value is -3.79. The maximum atomic E-state index is 13.3. The molecule has 0 spiro atoms. The van der Waals surface area contributed by atoms with Gasteiger partial charge in [-0.05, 0) is 54.7 Å². The topological polar surface area (TPSA) is 135 Å². The van der Waals surface area contributed by atoms with Crippen molar-refractivity contribution >= 4 is 17.5 Å². The molecule has 0 aliphatic heterocycles. The Labute approximate surface area is 210 Å². The van der Waals surface area contributed by atoms with Crippen molar-refractivity contribution in [3.8, 4) is 28.4 Å². The van der Waals surface area contributed by atoms with Crippen LogP contribution >= 0.6 is 0 Å². The van der Waals surface area contributed by atoms with Gasteiger partial charge in [-0.1, -0.05) is 6.07 Å². The predicted octanol–water partition coefficient (Wildman–Crippen LogP) is 1.77. The lowest BCUT2D eigenvalue weighted by Gasteiger charge is -2.19. The predicted molar refractivity (Wildman–Crippen MR) is 136 cm³/mol. The van der Waals surface area contributed by atoms with Gasteiger partial charge in [0.05, 0.1) is 39.7 Å². The minimum absolute atomic E-state index is 0.117. The number of rotatable bonds is 9. The van der Waals surface area contributed by atoms with Crippen LogP contribution in [-0.4, -0.2) is 57.4 Å². The number of aryl methyl sites for hydroxylation is 1. The van der Waals surface area contributed by atoms with Crippen LogP contribution in [0.4, 0.5) is 5.69 Å². The number of anilines is 1. The highest BCUT2D eigenvalue weighted by molar-refractivity contribution is 5.85. The Balaban J connectivity index is 2.23. The van der Waals surface area contributed by atoms with E-state index in [-0.39, 0.29) is 36.1 Å². The molecule has 0 aromatic heterocycles. The molecule has 194 valence electrons. The van der Waals surface area contributed by atoms with Gasteiger partial charge < -0.3 is 35.3 Å². The van der Waals surface area contributed by atoms with E-state index < -0.39 is 12.1 Å². The Morgan fingerprint density at radius 3 is 2.44 bits per heavy atom. The van der Waals surface area contributed by atoms with Crippen molar-refractivity contribution in [2.45, 2.75) is 38.8 Å². The molecular formula is C26H33N3O7. The van der Waals surface area contributed by atoms with E-state index in [9.17, 15) is 14.4 Å². The van der Waals surface area contributed by atoms with Crippen molar-refractivity contribution in [3.05, 3.63) is 45.6 Å². The number of hydrogen-bond acceptors (Lipinski definition) is 8. The lowest BCUT2D eigenvalue weighted by atomic mass is 9.95. The molecular weight excluding hydrogens is 466 g/mol. The number of carbonyl (C=O) groups excluding carboxylic acids is 2. The van der Waals surface area contributed by atoms with Crippen LogP contribution in [0.2, 0.25) is 0 Å². The number of fused-ring (bicyclic) bond motifs is 3. The quantitative estimate of drug-likeness (QED) is 0.410. The van der Waals surface area contributed by atoms with E-state index in [0.29, 0.717) is 41.2 Å². The second-order valence-electron chi connectivity index (χ2n) is 8.48. The van der Waals surface area contributed by atoms with Crippen LogP contribution in [0.3, 0.4) is 0 Å². The maximum Gasteiger partial charge on any atom is 0.242 e. The molecule has 0 heterocycles. The highest BCUT2D eigenvalue weighted by atomic mass is 16.5. The lowest BCUT2D eigenvalue weighted by molar-refractivity contribution is -0.121. The summed E-state index contributed by atoms with van der Waals surface area (Å²) in [6.07, 6.45) is 1.14. The molecule has 0 saturated carbocycles. The number of carbonyl (C=O) groups is 2. The van der Waals surface area contributed by atoms with Gasteiger partial charge in [-0.2, -0.15) is 0 Å². The Bertz CT molecular complexity index is 1200. The summed E-state index contributed by atoms with van der Waals surface area (Å²) in [5.41, 5.74) is 2.87.